The van der Waals surface area contributed by atoms with Crippen molar-refractivity contribution in [3.05, 3.63) is 23.8 Å². The molecule has 6 aliphatic rings. The lowest BCUT2D eigenvalue weighted by Gasteiger charge is -2.69. The van der Waals surface area contributed by atoms with Crippen LogP contribution in [0.25, 0.3) is 0 Å². The molecule has 29 heavy (non-hydrogen) atoms. The van der Waals surface area contributed by atoms with Gasteiger partial charge in [0.1, 0.15) is 5.75 Å². The van der Waals surface area contributed by atoms with Crippen molar-refractivity contribution in [2.75, 3.05) is 32.2 Å². The fourth-order valence-electron chi connectivity index (χ4n) is 8.65. The number of fused-ring (bicyclic) bond motifs is 3. The maximum atomic E-state index is 13.2. The lowest BCUT2D eigenvalue weighted by Crippen LogP contribution is -2.78. The fraction of sp³-hybridized carbons (Fsp3) is 0.652. The zero-order chi connectivity index (χ0) is 20.0. The smallest absolute Gasteiger partial charge is 0.311 e. The highest BCUT2D eigenvalue weighted by Crippen LogP contribution is 2.76. The molecule has 154 valence electrons. The molecule has 0 radical (unpaired) electrons. The first kappa shape index (κ1) is 17.8. The molecule has 3 aliphatic heterocycles. The molecular weight excluding hydrogens is 368 g/mol. The number of carbonyl (C=O) groups excluding carboxylic acids is 2. The summed E-state index contributed by atoms with van der Waals surface area (Å²) in [5.74, 6) is 0.269. The Hall–Kier alpha value is -2.08. The Morgan fingerprint density at radius 1 is 1.17 bits per heavy atom. The number of hydrogen-bond donors (Lipinski definition) is 0. The molecule has 0 N–H and O–H groups in total. The number of hydrogen-bond acceptors (Lipinski definition) is 5. The molecule has 2 saturated heterocycles. The second kappa shape index (κ2) is 5.54. The highest BCUT2D eigenvalue weighted by molar-refractivity contribution is 5.93. The van der Waals surface area contributed by atoms with Gasteiger partial charge in [-0.1, -0.05) is 12.1 Å². The molecule has 7 rings (SSSR count). The fourth-order valence-corrected chi connectivity index (χ4v) is 8.65. The average molecular weight is 396 g/mol. The number of piperidine rings is 1. The molecule has 2 bridgehead atoms. The number of ether oxygens (including phenoxy) is 2. The summed E-state index contributed by atoms with van der Waals surface area (Å²) >= 11 is 0. The van der Waals surface area contributed by atoms with Gasteiger partial charge < -0.3 is 14.4 Å². The predicted octanol–water partition coefficient (Wildman–Crippen LogP) is 2.49. The Morgan fingerprint density at radius 3 is 2.79 bits per heavy atom. The quantitative estimate of drug-likeness (QED) is 0.580. The van der Waals surface area contributed by atoms with Gasteiger partial charge in [-0.3, -0.25) is 14.5 Å². The second-order valence-corrected chi connectivity index (χ2v) is 9.66. The highest BCUT2D eigenvalue weighted by Gasteiger charge is 2.81. The lowest BCUT2D eigenvalue weighted by atomic mass is 9.38. The summed E-state index contributed by atoms with van der Waals surface area (Å²) in [6, 6.07) is 6.55. The van der Waals surface area contributed by atoms with Gasteiger partial charge in [-0.15, -0.1) is 0 Å². The molecule has 5 fully saturated rings. The first-order valence-corrected chi connectivity index (χ1v) is 10.8. The van der Waals surface area contributed by atoms with Gasteiger partial charge in [-0.25, -0.2) is 0 Å². The monoisotopic (exact) mass is 396 g/mol. The van der Waals surface area contributed by atoms with Crippen molar-refractivity contribution in [1.82, 2.24) is 4.90 Å². The largest absolute Gasteiger partial charge is 0.495 e. The minimum absolute atomic E-state index is 0.134. The van der Waals surface area contributed by atoms with E-state index in [1.807, 2.05) is 17.0 Å². The molecule has 3 saturated carbocycles. The van der Waals surface area contributed by atoms with E-state index in [0.29, 0.717) is 6.04 Å². The Kier molecular flexibility index (Phi) is 3.39. The first-order chi connectivity index (χ1) is 14.1. The molecule has 3 aliphatic carbocycles. The summed E-state index contributed by atoms with van der Waals surface area (Å²) in [5.41, 5.74) is 1.43. The van der Waals surface area contributed by atoms with Crippen LogP contribution in [0.4, 0.5) is 5.69 Å². The maximum Gasteiger partial charge on any atom is 0.311 e. The molecule has 6 nitrogen and oxygen atoms in total. The Bertz CT molecular complexity index is 918. The normalized spacial score (nSPS) is 41.5. The van der Waals surface area contributed by atoms with Crippen molar-refractivity contribution in [2.24, 2.45) is 11.3 Å². The molecular formula is C23H28N2O4. The van der Waals surface area contributed by atoms with Gasteiger partial charge in [0, 0.05) is 11.5 Å². The van der Waals surface area contributed by atoms with Crippen LogP contribution in [0.2, 0.25) is 0 Å². The molecule has 0 aromatic heterocycles. The number of esters is 1. The summed E-state index contributed by atoms with van der Waals surface area (Å²) in [6.45, 7) is 2.15. The summed E-state index contributed by atoms with van der Waals surface area (Å²) in [6.07, 6.45) is 7.05. The van der Waals surface area contributed by atoms with E-state index in [1.54, 1.807) is 7.11 Å². The van der Waals surface area contributed by atoms with Crippen LogP contribution in [-0.4, -0.2) is 56.2 Å². The Morgan fingerprint density at radius 2 is 2.03 bits per heavy atom. The number of anilines is 1. The molecule has 5 atom stereocenters. The third kappa shape index (κ3) is 1.68. The van der Waals surface area contributed by atoms with Crippen LogP contribution in [0, 0.1) is 11.3 Å². The molecule has 3 heterocycles. The molecule has 1 aromatic rings. The van der Waals surface area contributed by atoms with Crippen molar-refractivity contribution >= 4 is 18.1 Å². The summed E-state index contributed by atoms with van der Waals surface area (Å²) in [7, 11) is 3.15. The minimum atomic E-state index is -0.558. The van der Waals surface area contributed by atoms with Gasteiger partial charge in [-0.2, -0.15) is 0 Å². The number of nitrogens with zero attached hydrogens (tertiary/aromatic N) is 2. The number of benzene rings is 1. The predicted molar refractivity (Wildman–Crippen MR) is 107 cm³/mol. The number of carbonyl (C=O) groups is 2. The topological polar surface area (TPSA) is 59.1 Å². The summed E-state index contributed by atoms with van der Waals surface area (Å²) in [5, 5.41) is 0. The van der Waals surface area contributed by atoms with E-state index in [2.05, 4.69) is 11.0 Å². The van der Waals surface area contributed by atoms with Gasteiger partial charge in [-0.05, 0) is 68.7 Å². The van der Waals surface area contributed by atoms with Crippen molar-refractivity contribution < 1.29 is 19.1 Å². The minimum Gasteiger partial charge on any atom is -0.495 e. The van der Waals surface area contributed by atoms with Crippen LogP contribution in [0.15, 0.2) is 18.2 Å². The first-order valence-electron chi connectivity index (χ1n) is 10.8. The van der Waals surface area contributed by atoms with Crippen LogP contribution < -0.4 is 9.64 Å². The number of para-hydroxylation sites is 1. The standard InChI is InChI=1S/C23H28N2O4/c1-28-17-6-3-5-15-18(17)25(14-26)23-9-8-21(13-16(23)19(27)29-2)7-4-11-24-12-10-22(15,23)20(21)24/h3,5-6,14,16,20H,4,7-13H2,1-2H3/t16-,20-,21?,22+,23?/m0/s1. The van der Waals surface area contributed by atoms with Crippen molar-refractivity contribution in [2.45, 2.75) is 55.5 Å². The van der Waals surface area contributed by atoms with E-state index in [0.717, 1.165) is 56.6 Å². The SMILES string of the molecule is COC(=O)[C@@H]1CC23CCCN4CC[C@@]5(c6cccc(OC)c6N(C=O)C15CC2)[C@@H]43. The van der Waals surface area contributed by atoms with Crippen LogP contribution in [0.1, 0.15) is 44.1 Å². The van der Waals surface area contributed by atoms with Crippen LogP contribution in [0.3, 0.4) is 0 Å². The Balaban J connectivity index is 1.70. The number of rotatable bonds is 3. The van der Waals surface area contributed by atoms with E-state index in [-0.39, 0.29) is 22.7 Å². The van der Waals surface area contributed by atoms with Gasteiger partial charge in [0.25, 0.3) is 0 Å². The third-order valence-corrected chi connectivity index (χ3v) is 9.25. The van der Waals surface area contributed by atoms with Crippen molar-refractivity contribution in [3.8, 4) is 5.75 Å². The molecule has 1 amide bonds. The molecule has 2 unspecified atom stereocenters. The highest BCUT2D eigenvalue weighted by atomic mass is 16.5. The van der Waals surface area contributed by atoms with E-state index < -0.39 is 5.54 Å². The zero-order valence-electron chi connectivity index (χ0n) is 17.1. The number of methoxy groups -OCH3 is 2. The van der Waals surface area contributed by atoms with Crippen LogP contribution >= 0.6 is 0 Å². The van der Waals surface area contributed by atoms with Crippen LogP contribution in [0.5, 0.6) is 5.75 Å². The third-order valence-electron chi connectivity index (χ3n) is 9.25. The lowest BCUT2D eigenvalue weighted by molar-refractivity contribution is -0.175. The van der Waals surface area contributed by atoms with Crippen molar-refractivity contribution in [3.63, 3.8) is 0 Å². The summed E-state index contributed by atoms with van der Waals surface area (Å²) in [4.78, 5) is 30.4. The van der Waals surface area contributed by atoms with E-state index in [1.165, 1.54) is 25.5 Å². The van der Waals surface area contributed by atoms with E-state index in [4.69, 9.17) is 9.47 Å². The van der Waals surface area contributed by atoms with E-state index >= 15 is 0 Å². The zero-order valence-corrected chi connectivity index (χ0v) is 17.1. The molecule has 1 aromatic carbocycles. The van der Waals surface area contributed by atoms with E-state index in [9.17, 15) is 9.59 Å². The van der Waals surface area contributed by atoms with Crippen molar-refractivity contribution in [1.29, 1.82) is 0 Å². The molecule has 3 spiro atoms. The Labute approximate surface area is 171 Å². The van der Waals surface area contributed by atoms with Gasteiger partial charge in [0.05, 0.1) is 31.4 Å². The van der Waals surface area contributed by atoms with Gasteiger partial charge in [0.2, 0.25) is 6.41 Å². The van der Waals surface area contributed by atoms with Gasteiger partial charge >= 0.3 is 5.97 Å². The second-order valence-electron chi connectivity index (χ2n) is 9.66. The number of amides is 1. The summed E-state index contributed by atoms with van der Waals surface area (Å²) < 4.78 is 11.1. The maximum absolute atomic E-state index is 13.2. The molecule has 6 heteroatoms. The van der Waals surface area contributed by atoms with Gasteiger partial charge in [0.15, 0.2) is 0 Å². The average Bonchev–Trinajstić information content (AvgIpc) is 3.28. The van der Waals surface area contributed by atoms with Crippen LogP contribution in [-0.2, 0) is 19.7 Å².